The molecule has 1 atom stereocenters. The Morgan fingerprint density at radius 3 is 2.70 bits per heavy atom. The van der Waals surface area contributed by atoms with Crippen LogP contribution in [0, 0.1) is 0 Å². The van der Waals surface area contributed by atoms with Crippen molar-refractivity contribution in [2.45, 2.75) is 31.4 Å². The summed E-state index contributed by atoms with van der Waals surface area (Å²) in [5, 5.41) is 2.98. The van der Waals surface area contributed by atoms with E-state index in [2.05, 4.69) is 22.3 Å². The van der Waals surface area contributed by atoms with Gasteiger partial charge in [-0.1, -0.05) is 30.3 Å². The summed E-state index contributed by atoms with van der Waals surface area (Å²) in [5.74, 6) is 0. The lowest BCUT2D eigenvalue weighted by Gasteiger charge is -2.43. The summed E-state index contributed by atoms with van der Waals surface area (Å²) in [5.41, 5.74) is 6.72. The largest absolute Gasteiger partial charge is 0.329 e. The van der Waals surface area contributed by atoms with Crippen molar-refractivity contribution in [1.29, 1.82) is 0 Å². The number of rotatable bonds is 6. The molecular formula is C15H23F2N3. The van der Waals surface area contributed by atoms with Crippen LogP contribution in [0.25, 0.3) is 0 Å². The van der Waals surface area contributed by atoms with E-state index in [0.29, 0.717) is 6.54 Å². The number of alkyl halides is 2. The van der Waals surface area contributed by atoms with Gasteiger partial charge in [0.2, 0.25) is 0 Å². The normalized spacial score (nSPS) is 24.2. The second kappa shape index (κ2) is 7.11. The highest BCUT2D eigenvalue weighted by molar-refractivity contribution is 5.15. The number of nitrogens with two attached hydrogens (primary N) is 1. The summed E-state index contributed by atoms with van der Waals surface area (Å²) in [6.07, 6.45) is -0.482. The molecule has 1 aliphatic rings. The minimum Gasteiger partial charge on any atom is -0.329 e. The van der Waals surface area contributed by atoms with E-state index in [1.54, 1.807) is 0 Å². The third-order valence-corrected chi connectivity index (χ3v) is 3.93. The predicted molar refractivity (Wildman–Crippen MR) is 76.7 cm³/mol. The summed E-state index contributed by atoms with van der Waals surface area (Å²) >= 11 is 0. The van der Waals surface area contributed by atoms with Crippen LogP contribution in [0.5, 0.6) is 0 Å². The van der Waals surface area contributed by atoms with E-state index < -0.39 is 6.43 Å². The summed E-state index contributed by atoms with van der Waals surface area (Å²) in [4.78, 5) is 2.30. The predicted octanol–water partition coefficient (Wildman–Crippen LogP) is 1.83. The second-order valence-corrected chi connectivity index (χ2v) is 5.56. The average molecular weight is 283 g/mol. The van der Waals surface area contributed by atoms with Gasteiger partial charge < -0.3 is 11.1 Å². The van der Waals surface area contributed by atoms with Gasteiger partial charge in [0.15, 0.2) is 0 Å². The molecule has 0 spiro atoms. The van der Waals surface area contributed by atoms with Gasteiger partial charge in [-0.05, 0) is 24.9 Å². The molecule has 1 aromatic rings. The Balaban J connectivity index is 1.95. The lowest BCUT2D eigenvalue weighted by atomic mass is 9.88. The molecule has 0 radical (unpaired) electrons. The molecule has 1 aromatic carbocycles. The SMILES string of the molecule is NCC1(NCC(F)F)CCCN(Cc2ccccc2)C1. The average Bonchev–Trinajstić information content (AvgIpc) is 2.47. The van der Waals surface area contributed by atoms with Crippen molar-refractivity contribution < 1.29 is 8.78 Å². The first-order valence-corrected chi connectivity index (χ1v) is 7.13. The topological polar surface area (TPSA) is 41.3 Å². The molecule has 1 saturated heterocycles. The van der Waals surface area contributed by atoms with Crippen molar-refractivity contribution in [2.75, 3.05) is 26.2 Å². The van der Waals surface area contributed by atoms with E-state index >= 15 is 0 Å². The maximum absolute atomic E-state index is 12.4. The smallest absolute Gasteiger partial charge is 0.250 e. The highest BCUT2D eigenvalue weighted by Gasteiger charge is 2.34. The van der Waals surface area contributed by atoms with E-state index in [0.717, 1.165) is 32.5 Å². The van der Waals surface area contributed by atoms with Gasteiger partial charge in [-0.15, -0.1) is 0 Å². The van der Waals surface area contributed by atoms with Crippen molar-refractivity contribution in [2.24, 2.45) is 5.73 Å². The number of hydrogen-bond acceptors (Lipinski definition) is 3. The van der Waals surface area contributed by atoms with Gasteiger partial charge in [-0.2, -0.15) is 0 Å². The highest BCUT2D eigenvalue weighted by Crippen LogP contribution is 2.22. The van der Waals surface area contributed by atoms with Gasteiger partial charge in [0.25, 0.3) is 6.43 Å². The Bertz CT molecular complexity index is 399. The summed E-state index contributed by atoms with van der Waals surface area (Å²) in [7, 11) is 0. The lowest BCUT2D eigenvalue weighted by Crippen LogP contribution is -2.61. The molecule has 2 rings (SSSR count). The van der Waals surface area contributed by atoms with Gasteiger partial charge >= 0.3 is 0 Å². The van der Waals surface area contributed by atoms with Gasteiger partial charge in [0, 0.05) is 25.2 Å². The quantitative estimate of drug-likeness (QED) is 0.837. The summed E-state index contributed by atoms with van der Waals surface area (Å²) in [6.45, 7) is 2.68. The third-order valence-electron chi connectivity index (χ3n) is 3.93. The van der Waals surface area contributed by atoms with Crippen LogP contribution in [0.3, 0.4) is 0 Å². The Hall–Kier alpha value is -1.04. The molecule has 20 heavy (non-hydrogen) atoms. The van der Waals surface area contributed by atoms with E-state index in [1.165, 1.54) is 5.56 Å². The summed E-state index contributed by atoms with van der Waals surface area (Å²) < 4.78 is 24.8. The van der Waals surface area contributed by atoms with Gasteiger partial charge in [0.1, 0.15) is 0 Å². The van der Waals surface area contributed by atoms with Gasteiger partial charge in [0.05, 0.1) is 6.54 Å². The fraction of sp³-hybridized carbons (Fsp3) is 0.600. The molecule has 0 aliphatic carbocycles. The van der Waals surface area contributed by atoms with Crippen molar-refractivity contribution in [1.82, 2.24) is 10.2 Å². The highest BCUT2D eigenvalue weighted by atomic mass is 19.3. The zero-order valence-electron chi connectivity index (χ0n) is 11.7. The molecule has 3 nitrogen and oxygen atoms in total. The first-order chi connectivity index (χ1) is 9.63. The number of hydrogen-bond donors (Lipinski definition) is 2. The first kappa shape index (κ1) is 15.4. The maximum atomic E-state index is 12.4. The number of nitrogens with zero attached hydrogens (tertiary/aromatic N) is 1. The van der Waals surface area contributed by atoms with Crippen LogP contribution < -0.4 is 11.1 Å². The molecule has 0 bridgehead atoms. The molecule has 5 heteroatoms. The van der Waals surface area contributed by atoms with Crippen molar-refractivity contribution in [3.63, 3.8) is 0 Å². The minimum absolute atomic E-state index is 0.281. The standard InChI is InChI=1S/C15H23F2N3/c16-14(17)9-19-15(11-18)7-4-8-20(12-15)10-13-5-2-1-3-6-13/h1-3,5-6,14,19H,4,7-12,18H2. The van der Waals surface area contributed by atoms with Crippen LogP contribution in [-0.2, 0) is 6.54 Å². The molecule has 1 aliphatic heterocycles. The van der Waals surface area contributed by atoms with Gasteiger partial charge in [-0.25, -0.2) is 8.78 Å². The number of nitrogens with one attached hydrogen (secondary N) is 1. The van der Waals surface area contributed by atoms with Crippen LogP contribution in [0.2, 0.25) is 0 Å². The van der Waals surface area contributed by atoms with Crippen molar-refractivity contribution >= 4 is 0 Å². The van der Waals surface area contributed by atoms with E-state index in [9.17, 15) is 8.78 Å². The van der Waals surface area contributed by atoms with Crippen LogP contribution in [0.4, 0.5) is 8.78 Å². The zero-order chi connectivity index (χ0) is 14.4. The molecule has 1 heterocycles. The molecule has 0 amide bonds. The second-order valence-electron chi connectivity index (χ2n) is 5.56. The number of benzene rings is 1. The van der Waals surface area contributed by atoms with Gasteiger partial charge in [-0.3, -0.25) is 4.90 Å². The Morgan fingerprint density at radius 2 is 2.05 bits per heavy atom. The lowest BCUT2D eigenvalue weighted by molar-refractivity contribution is 0.0866. The number of halogens is 2. The molecular weight excluding hydrogens is 260 g/mol. The Labute approximate surface area is 119 Å². The van der Waals surface area contributed by atoms with Crippen molar-refractivity contribution in [3.05, 3.63) is 35.9 Å². The van der Waals surface area contributed by atoms with Crippen LogP contribution in [-0.4, -0.2) is 43.0 Å². The third kappa shape index (κ3) is 4.23. The Morgan fingerprint density at radius 1 is 1.30 bits per heavy atom. The van der Waals surface area contributed by atoms with E-state index in [4.69, 9.17) is 5.73 Å². The van der Waals surface area contributed by atoms with E-state index in [-0.39, 0.29) is 12.1 Å². The summed E-state index contributed by atoms with van der Waals surface area (Å²) in [6, 6.07) is 10.2. The van der Waals surface area contributed by atoms with E-state index in [1.807, 2.05) is 18.2 Å². The molecule has 112 valence electrons. The van der Waals surface area contributed by atoms with Crippen LogP contribution in [0.1, 0.15) is 18.4 Å². The molecule has 3 N–H and O–H groups in total. The monoisotopic (exact) mass is 283 g/mol. The molecule has 0 aromatic heterocycles. The van der Waals surface area contributed by atoms with Crippen molar-refractivity contribution in [3.8, 4) is 0 Å². The minimum atomic E-state index is -2.33. The Kier molecular flexibility index (Phi) is 5.46. The molecule has 0 saturated carbocycles. The van der Waals surface area contributed by atoms with Crippen LogP contribution in [0.15, 0.2) is 30.3 Å². The molecule has 1 fully saturated rings. The fourth-order valence-electron chi connectivity index (χ4n) is 2.88. The fourth-order valence-corrected chi connectivity index (χ4v) is 2.88. The first-order valence-electron chi connectivity index (χ1n) is 7.13. The molecule has 1 unspecified atom stereocenters. The number of piperidine rings is 1. The van der Waals surface area contributed by atoms with Crippen LogP contribution >= 0.6 is 0 Å². The zero-order valence-corrected chi connectivity index (χ0v) is 11.7. The number of likely N-dealkylation sites (tertiary alicyclic amines) is 1. The maximum Gasteiger partial charge on any atom is 0.250 e.